The quantitative estimate of drug-likeness (QED) is 0.617. The van der Waals surface area contributed by atoms with Crippen LogP contribution in [0.15, 0.2) is 29.8 Å². The number of ether oxygens (including phenoxy) is 1. The Morgan fingerprint density at radius 1 is 1.50 bits per heavy atom. The minimum Gasteiger partial charge on any atom is -0.477 e. The van der Waals surface area contributed by atoms with Crippen molar-refractivity contribution >= 4 is 12.0 Å². The molecule has 0 amide bonds. The number of carboxylic acid groups (broad SMARTS) is 1. The van der Waals surface area contributed by atoms with Crippen molar-refractivity contribution in [1.82, 2.24) is 0 Å². The van der Waals surface area contributed by atoms with Crippen molar-refractivity contribution < 1.29 is 14.6 Å². The maximum atomic E-state index is 10.6. The SMILES string of the molecule is COCc1ccc(C=C(C#N)C(=O)O)cc1. The highest BCUT2D eigenvalue weighted by Gasteiger charge is 2.05. The van der Waals surface area contributed by atoms with Gasteiger partial charge in [0.25, 0.3) is 0 Å². The molecule has 0 saturated heterocycles. The molecule has 0 atom stereocenters. The lowest BCUT2D eigenvalue weighted by Crippen LogP contribution is -1.97. The zero-order valence-corrected chi connectivity index (χ0v) is 8.80. The number of hydrogen-bond donors (Lipinski definition) is 1. The molecule has 0 heterocycles. The van der Waals surface area contributed by atoms with Crippen LogP contribution in [0.1, 0.15) is 11.1 Å². The first kappa shape index (κ1) is 12.0. The summed E-state index contributed by atoms with van der Waals surface area (Å²) in [6, 6.07) is 8.77. The van der Waals surface area contributed by atoms with Crippen LogP contribution < -0.4 is 0 Å². The molecule has 0 aliphatic carbocycles. The highest BCUT2D eigenvalue weighted by Crippen LogP contribution is 2.09. The molecule has 0 aliphatic heterocycles. The standard InChI is InChI=1S/C12H11NO3/c1-16-8-10-4-2-9(3-5-10)6-11(7-13)12(14)15/h2-6H,8H2,1H3,(H,14,15). The molecule has 16 heavy (non-hydrogen) atoms. The number of nitriles is 1. The predicted molar refractivity (Wildman–Crippen MR) is 58.4 cm³/mol. The van der Waals surface area contributed by atoms with Crippen LogP contribution in [0.3, 0.4) is 0 Å². The first-order chi connectivity index (χ1) is 7.67. The molecule has 0 aliphatic rings. The summed E-state index contributed by atoms with van der Waals surface area (Å²) in [6.07, 6.45) is 1.33. The number of nitrogens with zero attached hydrogens (tertiary/aromatic N) is 1. The van der Waals surface area contributed by atoms with E-state index in [4.69, 9.17) is 15.1 Å². The summed E-state index contributed by atoms with van der Waals surface area (Å²) in [6.45, 7) is 0.508. The lowest BCUT2D eigenvalue weighted by Gasteiger charge is -1.99. The Morgan fingerprint density at radius 3 is 2.56 bits per heavy atom. The van der Waals surface area contributed by atoms with Gasteiger partial charge in [-0.3, -0.25) is 0 Å². The summed E-state index contributed by atoms with van der Waals surface area (Å²) in [7, 11) is 1.60. The normalized spacial score (nSPS) is 10.9. The molecule has 4 heteroatoms. The van der Waals surface area contributed by atoms with Crippen molar-refractivity contribution in [3.63, 3.8) is 0 Å². The van der Waals surface area contributed by atoms with Gasteiger partial charge >= 0.3 is 5.97 Å². The van der Waals surface area contributed by atoms with Crippen LogP contribution in [0.5, 0.6) is 0 Å². The first-order valence-corrected chi connectivity index (χ1v) is 4.60. The molecule has 0 radical (unpaired) electrons. The lowest BCUT2D eigenvalue weighted by atomic mass is 10.1. The summed E-state index contributed by atoms with van der Waals surface area (Å²) in [5, 5.41) is 17.2. The first-order valence-electron chi connectivity index (χ1n) is 4.60. The Kier molecular flexibility index (Phi) is 4.25. The Bertz CT molecular complexity index is 440. The van der Waals surface area contributed by atoms with E-state index in [2.05, 4.69) is 0 Å². The van der Waals surface area contributed by atoms with Gasteiger partial charge in [0, 0.05) is 7.11 Å². The third kappa shape index (κ3) is 3.23. The van der Waals surface area contributed by atoms with Crippen LogP contribution in [-0.4, -0.2) is 18.2 Å². The topological polar surface area (TPSA) is 70.3 Å². The van der Waals surface area contributed by atoms with Crippen molar-refractivity contribution in [3.05, 3.63) is 41.0 Å². The van der Waals surface area contributed by atoms with E-state index in [1.165, 1.54) is 6.08 Å². The molecule has 1 aromatic carbocycles. The summed E-state index contributed by atoms with van der Waals surface area (Å²) in [5.74, 6) is -1.22. The molecular weight excluding hydrogens is 206 g/mol. The monoisotopic (exact) mass is 217 g/mol. The van der Waals surface area contributed by atoms with Gasteiger partial charge in [0.1, 0.15) is 11.6 Å². The fourth-order valence-corrected chi connectivity index (χ4v) is 1.19. The maximum Gasteiger partial charge on any atom is 0.346 e. The fraction of sp³-hybridized carbons (Fsp3) is 0.167. The van der Waals surface area contributed by atoms with E-state index in [-0.39, 0.29) is 5.57 Å². The Hall–Kier alpha value is -2.12. The van der Waals surface area contributed by atoms with Crippen LogP contribution in [0.2, 0.25) is 0 Å². The van der Waals surface area contributed by atoms with E-state index >= 15 is 0 Å². The molecule has 4 nitrogen and oxygen atoms in total. The molecule has 0 bridgehead atoms. The van der Waals surface area contributed by atoms with E-state index in [1.807, 2.05) is 12.1 Å². The number of carboxylic acids is 1. The number of aliphatic carboxylic acids is 1. The lowest BCUT2D eigenvalue weighted by molar-refractivity contribution is -0.132. The third-order valence-electron chi connectivity index (χ3n) is 1.95. The minimum absolute atomic E-state index is 0.278. The number of benzene rings is 1. The van der Waals surface area contributed by atoms with Gasteiger partial charge in [0.05, 0.1) is 6.61 Å². The van der Waals surface area contributed by atoms with E-state index in [0.29, 0.717) is 12.2 Å². The van der Waals surface area contributed by atoms with Crippen molar-refractivity contribution in [2.75, 3.05) is 7.11 Å². The van der Waals surface area contributed by atoms with E-state index in [9.17, 15) is 4.79 Å². The molecule has 0 aromatic heterocycles. The van der Waals surface area contributed by atoms with E-state index < -0.39 is 5.97 Å². The van der Waals surface area contributed by atoms with Gasteiger partial charge in [-0.25, -0.2) is 4.79 Å². The smallest absolute Gasteiger partial charge is 0.346 e. The van der Waals surface area contributed by atoms with Gasteiger partial charge in [-0.1, -0.05) is 24.3 Å². The number of methoxy groups -OCH3 is 1. The molecule has 0 spiro atoms. The Morgan fingerprint density at radius 2 is 2.12 bits per heavy atom. The number of hydrogen-bond acceptors (Lipinski definition) is 3. The van der Waals surface area contributed by atoms with E-state index in [1.54, 1.807) is 25.3 Å². The highest BCUT2D eigenvalue weighted by molar-refractivity contribution is 5.96. The van der Waals surface area contributed by atoms with Gasteiger partial charge in [-0.15, -0.1) is 0 Å². The van der Waals surface area contributed by atoms with Gasteiger partial charge in [0.15, 0.2) is 0 Å². The predicted octanol–water partition coefficient (Wildman–Crippen LogP) is 1.82. The van der Waals surface area contributed by atoms with Crippen LogP contribution >= 0.6 is 0 Å². The van der Waals surface area contributed by atoms with Gasteiger partial charge in [-0.05, 0) is 17.2 Å². The van der Waals surface area contributed by atoms with E-state index in [0.717, 1.165) is 5.56 Å². The van der Waals surface area contributed by atoms with Crippen molar-refractivity contribution in [2.24, 2.45) is 0 Å². The third-order valence-corrected chi connectivity index (χ3v) is 1.95. The van der Waals surface area contributed by atoms with Gasteiger partial charge in [-0.2, -0.15) is 5.26 Å². The van der Waals surface area contributed by atoms with Crippen molar-refractivity contribution in [3.8, 4) is 6.07 Å². The molecule has 0 saturated carbocycles. The summed E-state index contributed by atoms with van der Waals surface area (Å²) < 4.78 is 4.95. The minimum atomic E-state index is -1.22. The average Bonchev–Trinajstić information content (AvgIpc) is 2.28. The second-order valence-corrected chi connectivity index (χ2v) is 3.15. The van der Waals surface area contributed by atoms with Crippen LogP contribution in [0, 0.1) is 11.3 Å². The van der Waals surface area contributed by atoms with Gasteiger partial charge < -0.3 is 9.84 Å². The molecule has 1 aromatic rings. The van der Waals surface area contributed by atoms with Gasteiger partial charge in [0.2, 0.25) is 0 Å². The molecular formula is C12H11NO3. The maximum absolute atomic E-state index is 10.6. The molecule has 0 unspecified atom stereocenters. The van der Waals surface area contributed by atoms with Crippen LogP contribution in [0.4, 0.5) is 0 Å². The molecule has 82 valence electrons. The number of carbonyl (C=O) groups is 1. The average molecular weight is 217 g/mol. The zero-order chi connectivity index (χ0) is 12.0. The summed E-state index contributed by atoms with van der Waals surface area (Å²) >= 11 is 0. The van der Waals surface area contributed by atoms with Crippen molar-refractivity contribution in [2.45, 2.75) is 6.61 Å². The molecule has 0 fully saturated rings. The van der Waals surface area contributed by atoms with Crippen LogP contribution in [0.25, 0.3) is 6.08 Å². The molecule has 1 N–H and O–H groups in total. The fourth-order valence-electron chi connectivity index (χ4n) is 1.19. The summed E-state index contributed by atoms with van der Waals surface area (Å²) in [5.41, 5.74) is 1.40. The Labute approximate surface area is 93.4 Å². The second kappa shape index (κ2) is 5.69. The Balaban J connectivity index is 2.90. The highest BCUT2D eigenvalue weighted by atomic mass is 16.5. The summed E-state index contributed by atoms with van der Waals surface area (Å²) in [4.78, 5) is 10.6. The largest absolute Gasteiger partial charge is 0.477 e. The second-order valence-electron chi connectivity index (χ2n) is 3.15. The number of rotatable bonds is 4. The zero-order valence-electron chi connectivity index (χ0n) is 8.80. The molecule has 1 rings (SSSR count). The van der Waals surface area contributed by atoms with Crippen LogP contribution in [-0.2, 0) is 16.1 Å². The van der Waals surface area contributed by atoms with Crippen molar-refractivity contribution in [1.29, 1.82) is 5.26 Å².